The molecule has 0 N–H and O–H groups in total. The van der Waals surface area contributed by atoms with Crippen molar-refractivity contribution in [1.29, 1.82) is 0 Å². The third-order valence-corrected chi connectivity index (χ3v) is 9.27. The monoisotopic (exact) mass is 526 g/mol. The summed E-state index contributed by atoms with van der Waals surface area (Å²) < 4.78 is 11.2. The number of hydrogen-bond donors (Lipinski definition) is 0. The molecule has 6 nitrogen and oxygen atoms in total. The van der Waals surface area contributed by atoms with Gasteiger partial charge in [-0.05, 0) is 80.9 Å². The molecule has 1 saturated heterocycles. The third kappa shape index (κ3) is 7.31. The first-order valence-electron chi connectivity index (χ1n) is 15.2. The summed E-state index contributed by atoms with van der Waals surface area (Å²) in [4.78, 5) is 30.6. The van der Waals surface area contributed by atoms with Gasteiger partial charge in [-0.2, -0.15) is 0 Å². The summed E-state index contributed by atoms with van der Waals surface area (Å²) in [6.45, 7) is 12.0. The molecule has 3 aliphatic rings. The molecule has 1 amide bonds. The van der Waals surface area contributed by atoms with E-state index < -0.39 is 0 Å². The van der Waals surface area contributed by atoms with Crippen LogP contribution in [0.1, 0.15) is 110 Å². The van der Waals surface area contributed by atoms with Crippen molar-refractivity contribution in [2.24, 2.45) is 11.3 Å². The Morgan fingerprint density at radius 3 is 2.53 bits per heavy atom. The van der Waals surface area contributed by atoms with Gasteiger partial charge in [-0.25, -0.2) is 0 Å². The molecule has 1 saturated carbocycles. The minimum absolute atomic E-state index is 0.175. The number of likely N-dealkylation sites (tertiary alicyclic amines) is 1. The zero-order valence-electron chi connectivity index (χ0n) is 24.3. The van der Waals surface area contributed by atoms with Crippen molar-refractivity contribution in [3.63, 3.8) is 0 Å². The van der Waals surface area contributed by atoms with Gasteiger partial charge in [0.1, 0.15) is 5.78 Å². The van der Waals surface area contributed by atoms with E-state index in [-0.39, 0.29) is 11.3 Å². The minimum Gasteiger partial charge on any atom is -0.454 e. The second-order valence-corrected chi connectivity index (χ2v) is 12.5. The van der Waals surface area contributed by atoms with Gasteiger partial charge in [0.25, 0.3) is 0 Å². The molecule has 1 aliphatic carbocycles. The molecule has 6 heteroatoms. The quantitative estimate of drug-likeness (QED) is 0.288. The van der Waals surface area contributed by atoms with Crippen molar-refractivity contribution in [3.05, 3.63) is 23.8 Å². The fourth-order valence-electron chi connectivity index (χ4n) is 6.46. The number of carbonyl (C=O) groups excluding carboxylic acids is 2. The van der Waals surface area contributed by atoms with Crippen LogP contribution in [0.4, 0.5) is 0 Å². The number of ketones is 1. The fraction of sp³-hybridized carbons (Fsp3) is 0.750. The number of nitrogens with zero attached hydrogens (tertiary/aromatic N) is 2. The zero-order chi connectivity index (χ0) is 27.1. The maximum Gasteiger partial charge on any atom is 0.236 e. The molecule has 1 aromatic carbocycles. The van der Waals surface area contributed by atoms with Gasteiger partial charge >= 0.3 is 0 Å². The lowest BCUT2D eigenvalue weighted by Crippen LogP contribution is -2.43. The van der Waals surface area contributed by atoms with Crippen LogP contribution in [-0.4, -0.2) is 60.5 Å². The summed E-state index contributed by atoms with van der Waals surface area (Å²) >= 11 is 0. The molecule has 0 spiro atoms. The van der Waals surface area contributed by atoms with E-state index in [9.17, 15) is 9.59 Å². The molecule has 3 atom stereocenters. The standard InChI is InChI=1S/C32H50N2O4/c1-5-7-17-33(18-8-6-2)31(36)22-34-21-26(25-11-13-28-29(20-25)38-23-37-28)19-27(34)12-9-24-10-14-30(35)32(3,4)16-15-24/h11,13,20,24,26-27H,5-10,12,14-19,21-23H2,1-4H3/t24?,26-,27+/m1/s1. The van der Waals surface area contributed by atoms with Crippen molar-refractivity contribution in [2.75, 3.05) is 33.0 Å². The van der Waals surface area contributed by atoms with Gasteiger partial charge in [-0.3, -0.25) is 14.5 Å². The number of hydrogen-bond acceptors (Lipinski definition) is 5. The van der Waals surface area contributed by atoms with Gasteiger partial charge in [0.05, 0.1) is 6.54 Å². The first kappa shape index (κ1) is 28.9. The van der Waals surface area contributed by atoms with Crippen LogP contribution >= 0.6 is 0 Å². The van der Waals surface area contributed by atoms with Crippen LogP contribution < -0.4 is 9.47 Å². The van der Waals surface area contributed by atoms with Gasteiger partial charge in [-0.1, -0.05) is 46.6 Å². The minimum atomic E-state index is -0.175. The van der Waals surface area contributed by atoms with Crippen molar-refractivity contribution in [1.82, 2.24) is 9.80 Å². The highest BCUT2D eigenvalue weighted by Crippen LogP contribution is 2.41. The van der Waals surface area contributed by atoms with Crippen LogP contribution in [-0.2, 0) is 9.59 Å². The molecule has 0 bridgehead atoms. The predicted molar refractivity (Wildman–Crippen MR) is 152 cm³/mol. The maximum absolute atomic E-state index is 13.5. The molecule has 212 valence electrons. The van der Waals surface area contributed by atoms with E-state index in [1.165, 1.54) is 5.56 Å². The summed E-state index contributed by atoms with van der Waals surface area (Å²) in [6.07, 6.45) is 11.5. The molecule has 0 radical (unpaired) electrons. The van der Waals surface area contributed by atoms with Gasteiger partial charge in [0.15, 0.2) is 11.5 Å². The van der Waals surface area contributed by atoms with Crippen molar-refractivity contribution >= 4 is 11.7 Å². The second kappa shape index (κ2) is 13.3. The first-order valence-corrected chi connectivity index (χ1v) is 15.2. The van der Waals surface area contributed by atoms with Crippen LogP contribution in [0.25, 0.3) is 0 Å². The molecule has 2 fully saturated rings. The average molecular weight is 527 g/mol. The largest absolute Gasteiger partial charge is 0.454 e. The normalized spacial score (nSPS) is 24.9. The molecule has 2 heterocycles. The van der Waals surface area contributed by atoms with E-state index in [0.29, 0.717) is 43.4 Å². The maximum atomic E-state index is 13.5. The van der Waals surface area contributed by atoms with Crippen LogP contribution in [0.5, 0.6) is 11.5 Å². The molecule has 1 unspecified atom stereocenters. The van der Waals surface area contributed by atoms with Crippen molar-refractivity contribution in [2.45, 2.75) is 110 Å². The summed E-state index contributed by atoms with van der Waals surface area (Å²) in [6, 6.07) is 6.74. The van der Waals surface area contributed by atoms with Crippen LogP contribution in [0.3, 0.4) is 0 Å². The van der Waals surface area contributed by atoms with Crippen LogP contribution in [0.15, 0.2) is 18.2 Å². The SMILES string of the molecule is CCCCN(CCCC)C(=O)CN1C[C@H](c2ccc3c(c2)OCO3)C[C@@H]1CCC1CCC(=O)C(C)(C)CC1. The van der Waals surface area contributed by atoms with E-state index in [0.717, 1.165) is 95.3 Å². The van der Waals surface area contributed by atoms with Gasteiger partial charge in [0.2, 0.25) is 12.7 Å². The number of benzene rings is 1. The van der Waals surface area contributed by atoms with E-state index >= 15 is 0 Å². The molecular formula is C32H50N2O4. The number of amides is 1. The third-order valence-electron chi connectivity index (χ3n) is 9.27. The summed E-state index contributed by atoms with van der Waals surface area (Å²) in [5.41, 5.74) is 1.11. The van der Waals surface area contributed by atoms with E-state index in [1.807, 2.05) is 6.07 Å². The first-order chi connectivity index (χ1) is 18.3. The Balaban J connectivity index is 1.44. The highest BCUT2D eigenvalue weighted by Gasteiger charge is 2.37. The Morgan fingerprint density at radius 1 is 1.05 bits per heavy atom. The summed E-state index contributed by atoms with van der Waals surface area (Å²) in [7, 11) is 0. The van der Waals surface area contributed by atoms with Crippen LogP contribution in [0, 0.1) is 11.3 Å². The second-order valence-electron chi connectivity index (χ2n) is 12.5. The van der Waals surface area contributed by atoms with Crippen molar-refractivity contribution in [3.8, 4) is 11.5 Å². The molecular weight excluding hydrogens is 476 g/mol. The lowest BCUT2D eigenvalue weighted by molar-refractivity contribution is -0.133. The zero-order valence-corrected chi connectivity index (χ0v) is 24.3. The summed E-state index contributed by atoms with van der Waals surface area (Å²) in [5.74, 6) is 3.36. The highest BCUT2D eigenvalue weighted by atomic mass is 16.7. The lowest BCUT2D eigenvalue weighted by Gasteiger charge is -2.29. The number of unbranched alkanes of at least 4 members (excludes halogenated alkanes) is 2. The van der Waals surface area contributed by atoms with Gasteiger partial charge < -0.3 is 14.4 Å². The Labute approximate surface area is 230 Å². The Bertz CT molecular complexity index is 937. The Kier molecular flexibility index (Phi) is 10.1. The number of Topliss-reactive ketones (excluding diaryl/α,β-unsaturated/α-hetero) is 1. The van der Waals surface area contributed by atoms with E-state index in [1.54, 1.807) is 0 Å². The molecule has 1 aromatic rings. The fourth-order valence-corrected chi connectivity index (χ4v) is 6.46. The van der Waals surface area contributed by atoms with E-state index in [4.69, 9.17) is 9.47 Å². The smallest absolute Gasteiger partial charge is 0.236 e. The number of rotatable bonds is 12. The summed E-state index contributed by atoms with van der Waals surface area (Å²) in [5, 5.41) is 0. The average Bonchev–Trinajstić information content (AvgIpc) is 3.51. The number of fused-ring (bicyclic) bond motifs is 1. The van der Waals surface area contributed by atoms with Gasteiger partial charge in [-0.15, -0.1) is 0 Å². The lowest BCUT2D eigenvalue weighted by atomic mass is 9.83. The number of carbonyl (C=O) groups is 2. The molecule has 4 rings (SSSR count). The topological polar surface area (TPSA) is 59.1 Å². The molecule has 38 heavy (non-hydrogen) atoms. The van der Waals surface area contributed by atoms with Crippen LogP contribution in [0.2, 0.25) is 0 Å². The predicted octanol–water partition coefficient (Wildman–Crippen LogP) is 6.57. The highest BCUT2D eigenvalue weighted by molar-refractivity contribution is 5.84. The van der Waals surface area contributed by atoms with Crippen molar-refractivity contribution < 1.29 is 19.1 Å². The Morgan fingerprint density at radius 2 is 1.79 bits per heavy atom. The van der Waals surface area contributed by atoms with E-state index in [2.05, 4.69) is 49.6 Å². The Hall–Kier alpha value is -2.08. The molecule has 0 aromatic heterocycles. The van der Waals surface area contributed by atoms with Gasteiger partial charge in [0, 0.05) is 37.5 Å². The molecule has 2 aliphatic heterocycles. The number of ether oxygens (including phenoxy) is 2.